The Balaban J connectivity index is 1.84. The van der Waals surface area contributed by atoms with Gasteiger partial charge in [-0.15, -0.1) is 0 Å². The number of carbonyl (C=O) groups is 1. The number of carbonyl (C=O) groups excluding carboxylic acids is 1. The van der Waals surface area contributed by atoms with E-state index in [0.717, 1.165) is 22.2 Å². The first kappa shape index (κ1) is 13.2. The van der Waals surface area contributed by atoms with Crippen molar-refractivity contribution in [2.45, 2.75) is 0 Å². The van der Waals surface area contributed by atoms with Gasteiger partial charge in [-0.2, -0.15) is 5.10 Å². The largest absolute Gasteiger partial charge is 0.402 e. The molecule has 0 aliphatic carbocycles. The first-order chi connectivity index (χ1) is 10.3. The topological polar surface area (TPSA) is 57.8 Å². The fourth-order valence-electron chi connectivity index (χ4n) is 2.18. The van der Waals surface area contributed by atoms with Gasteiger partial charge in [0.2, 0.25) is 13.9 Å². The quantitative estimate of drug-likeness (QED) is 0.718. The third kappa shape index (κ3) is 2.72. The highest BCUT2D eigenvalue weighted by Gasteiger charge is 2.02. The van der Waals surface area contributed by atoms with Gasteiger partial charge in [-0.3, -0.25) is 9.89 Å². The Morgan fingerprint density at radius 1 is 1.10 bits per heavy atom. The van der Waals surface area contributed by atoms with E-state index in [1.54, 1.807) is 20.1 Å². The fourth-order valence-corrected chi connectivity index (χ4v) is 2.18. The number of H-pyrrole nitrogens is 1. The molecular weight excluding hydrogens is 261 g/mol. The molecule has 1 heterocycles. The molecule has 21 heavy (non-hydrogen) atoms. The van der Waals surface area contributed by atoms with Gasteiger partial charge in [-0.1, -0.05) is 36.4 Å². The lowest BCUT2D eigenvalue weighted by atomic mass is 10.1. The Kier molecular flexibility index (Phi) is 3.56. The Labute approximate surface area is 123 Å². The van der Waals surface area contributed by atoms with Crippen LogP contribution in [-0.4, -0.2) is 24.1 Å². The number of benzene rings is 2. The number of rotatable bonds is 3. The van der Waals surface area contributed by atoms with E-state index in [2.05, 4.69) is 15.4 Å². The van der Waals surface area contributed by atoms with Crippen LogP contribution in [0.2, 0.25) is 0 Å². The van der Waals surface area contributed by atoms with Crippen LogP contribution in [0, 0.1) is 0 Å². The maximum atomic E-state index is 11.5. The van der Waals surface area contributed by atoms with Crippen LogP contribution in [0.4, 0.5) is 0 Å². The van der Waals surface area contributed by atoms with E-state index in [1.807, 2.05) is 48.6 Å². The molecule has 0 aliphatic heterocycles. The minimum atomic E-state index is -0.0798. The van der Waals surface area contributed by atoms with E-state index < -0.39 is 0 Å². The molecule has 102 valence electrons. The number of aromatic amines is 1. The molecule has 0 bridgehead atoms. The second-order valence-electron chi connectivity index (χ2n) is 4.69. The molecule has 0 fully saturated rings. The van der Waals surface area contributed by atoms with Crippen molar-refractivity contribution < 1.29 is 4.79 Å². The van der Waals surface area contributed by atoms with Crippen LogP contribution in [0.25, 0.3) is 23.1 Å². The highest BCUT2D eigenvalue weighted by Crippen LogP contribution is 2.17. The summed E-state index contributed by atoms with van der Waals surface area (Å²) in [6, 6.07) is 15.4. The number of hydrogen-bond donors (Lipinski definition) is 2. The second-order valence-corrected chi connectivity index (χ2v) is 4.69. The molecule has 0 saturated carbocycles. The van der Waals surface area contributed by atoms with Gasteiger partial charge in [-0.25, -0.2) is 0 Å². The number of hydrogen-bond acceptors (Lipinski definition) is 2. The van der Waals surface area contributed by atoms with Crippen molar-refractivity contribution in [3.63, 3.8) is 0 Å². The van der Waals surface area contributed by atoms with Crippen molar-refractivity contribution in [3.05, 3.63) is 65.4 Å². The lowest BCUT2D eigenvalue weighted by Gasteiger charge is -1.99. The Morgan fingerprint density at radius 2 is 1.86 bits per heavy atom. The van der Waals surface area contributed by atoms with Crippen molar-refractivity contribution in [2.75, 3.05) is 0 Å². The monoisotopic (exact) mass is 275 g/mol. The molecule has 0 aliphatic rings. The van der Waals surface area contributed by atoms with E-state index in [-0.39, 0.29) is 5.91 Å². The van der Waals surface area contributed by atoms with Gasteiger partial charge >= 0.3 is 0 Å². The van der Waals surface area contributed by atoms with Crippen molar-refractivity contribution >= 4 is 36.9 Å². The summed E-state index contributed by atoms with van der Waals surface area (Å²) in [6.07, 6.45) is 3.95. The van der Waals surface area contributed by atoms with Crippen LogP contribution in [0.5, 0.6) is 0 Å². The predicted octanol–water partition coefficient (Wildman–Crippen LogP) is 2.01. The van der Waals surface area contributed by atoms with E-state index in [9.17, 15) is 4.79 Å². The smallest absolute Gasteiger partial charge is 0.238 e. The van der Waals surface area contributed by atoms with Crippen molar-refractivity contribution in [3.8, 4) is 0 Å². The molecule has 3 rings (SSSR count). The number of amides is 1. The summed E-state index contributed by atoms with van der Waals surface area (Å²) < 4.78 is 0. The summed E-state index contributed by atoms with van der Waals surface area (Å²) >= 11 is 0. The first-order valence-corrected chi connectivity index (χ1v) is 6.71. The van der Waals surface area contributed by atoms with Crippen LogP contribution in [0.1, 0.15) is 21.6 Å². The summed E-state index contributed by atoms with van der Waals surface area (Å²) in [5.74, 6) is -0.0798. The van der Waals surface area contributed by atoms with Gasteiger partial charge in [0.15, 0.2) is 0 Å². The fraction of sp³-hybridized carbons (Fsp3) is 0. The summed E-state index contributed by atoms with van der Waals surface area (Å²) in [4.78, 5) is 11.5. The van der Waals surface area contributed by atoms with Crippen LogP contribution in [0.15, 0.2) is 48.5 Å². The van der Waals surface area contributed by atoms with Crippen LogP contribution in [-0.2, 0) is 0 Å². The highest BCUT2D eigenvalue weighted by atomic mass is 16.1. The van der Waals surface area contributed by atoms with Crippen LogP contribution < -0.4 is 5.23 Å². The molecule has 1 aromatic heterocycles. The van der Waals surface area contributed by atoms with Gasteiger partial charge in [0.1, 0.15) is 0 Å². The minimum absolute atomic E-state index is 0.0798. The van der Waals surface area contributed by atoms with Crippen LogP contribution in [0.3, 0.4) is 0 Å². The standard InChI is InChI=1S/C16H14BN3O/c17-18-16(21)12-8-5-11(6-9-12)7-10-15-13-3-1-2-4-14(13)19-20-15/h1-10H,17H2,(H,18,21)(H,19,20)/b10-7+. The number of para-hydroxylation sites is 1. The molecule has 0 atom stereocenters. The zero-order valence-corrected chi connectivity index (χ0v) is 11.6. The summed E-state index contributed by atoms with van der Waals surface area (Å²) in [7, 11) is 1.62. The lowest BCUT2D eigenvalue weighted by molar-refractivity contribution is 0.0981. The third-order valence-electron chi connectivity index (χ3n) is 3.33. The van der Waals surface area contributed by atoms with Crippen molar-refractivity contribution in [2.24, 2.45) is 0 Å². The molecule has 3 aromatic rings. The number of nitrogens with one attached hydrogen (secondary N) is 2. The first-order valence-electron chi connectivity index (χ1n) is 6.71. The average Bonchev–Trinajstić information content (AvgIpc) is 2.96. The number of fused-ring (bicyclic) bond motifs is 1. The summed E-state index contributed by atoms with van der Waals surface area (Å²) in [6.45, 7) is 0. The Bertz CT molecular complexity index is 806. The predicted molar refractivity (Wildman–Crippen MR) is 87.5 cm³/mol. The molecule has 0 saturated heterocycles. The molecule has 0 radical (unpaired) electrons. The van der Waals surface area contributed by atoms with Crippen LogP contribution >= 0.6 is 0 Å². The summed E-state index contributed by atoms with van der Waals surface area (Å²) in [5.41, 5.74) is 3.60. The summed E-state index contributed by atoms with van der Waals surface area (Å²) in [5, 5.41) is 11.0. The lowest BCUT2D eigenvalue weighted by Crippen LogP contribution is -2.19. The molecule has 1 amide bonds. The van der Waals surface area contributed by atoms with Gasteiger partial charge in [-0.05, 0) is 29.8 Å². The highest BCUT2D eigenvalue weighted by molar-refractivity contribution is 6.18. The maximum absolute atomic E-state index is 11.5. The molecule has 2 aromatic carbocycles. The minimum Gasteiger partial charge on any atom is -0.402 e. The molecule has 0 unspecified atom stereocenters. The average molecular weight is 275 g/mol. The third-order valence-corrected chi connectivity index (χ3v) is 3.33. The van der Waals surface area contributed by atoms with Gasteiger partial charge < -0.3 is 5.23 Å². The van der Waals surface area contributed by atoms with Gasteiger partial charge in [0.05, 0.1) is 11.2 Å². The number of nitrogens with zero attached hydrogens (tertiary/aromatic N) is 1. The molecule has 4 nitrogen and oxygen atoms in total. The van der Waals surface area contributed by atoms with E-state index in [1.165, 1.54) is 0 Å². The van der Waals surface area contributed by atoms with Gasteiger partial charge in [0.25, 0.3) is 0 Å². The molecule has 5 heteroatoms. The maximum Gasteiger partial charge on any atom is 0.238 e. The molecule has 0 spiro atoms. The Morgan fingerprint density at radius 3 is 2.62 bits per heavy atom. The normalized spacial score (nSPS) is 11.0. The van der Waals surface area contributed by atoms with E-state index in [0.29, 0.717) is 5.56 Å². The van der Waals surface area contributed by atoms with Crippen molar-refractivity contribution in [1.82, 2.24) is 15.4 Å². The second kappa shape index (κ2) is 5.67. The molecule has 2 N–H and O–H groups in total. The van der Waals surface area contributed by atoms with E-state index >= 15 is 0 Å². The van der Waals surface area contributed by atoms with Gasteiger partial charge in [0, 0.05) is 10.9 Å². The number of aromatic nitrogens is 2. The van der Waals surface area contributed by atoms with Crippen molar-refractivity contribution in [1.29, 1.82) is 0 Å². The Hall–Kier alpha value is -2.82. The van der Waals surface area contributed by atoms with E-state index in [4.69, 9.17) is 0 Å². The zero-order chi connectivity index (χ0) is 14.7. The SMILES string of the molecule is BNC(=O)c1ccc(/C=C/c2n[nH]c3ccccc23)cc1. The zero-order valence-electron chi connectivity index (χ0n) is 11.6. The molecular formula is C16H14BN3O.